The van der Waals surface area contributed by atoms with E-state index in [1.807, 2.05) is 34.9 Å². The van der Waals surface area contributed by atoms with Crippen molar-refractivity contribution in [3.63, 3.8) is 0 Å². The number of hydrogen-bond acceptors (Lipinski definition) is 6. The minimum absolute atomic E-state index is 0.0259. The first-order valence-corrected chi connectivity index (χ1v) is 7.49. The van der Waals surface area contributed by atoms with Crippen LogP contribution < -0.4 is 5.73 Å². The lowest BCUT2D eigenvalue weighted by atomic mass is 10.2. The van der Waals surface area contributed by atoms with Gasteiger partial charge >= 0.3 is 0 Å². The molecule has 1 aliphatic heterocycles. The number of ether oxygens (including phenoxy) is 2. The molecule has 7 nitrogen and oxygen atoms in total. The number of benzene rings is 1. The second-order valence-electron chi connectivity index (χ2n) is 5.52. The van der Waals surface area contributed by atoms with Crippen LogP contribution in [0.4, 0.5) is 5.82 Å². The van der Waals surface area contributed by atoms with Gasteiger partial charge in [-0.1, -0.05) is 30.3 Å². The van der Waals surface area contributed by atoms with E-state index < -0.39 is 0 Å². The smallest absolute Gasteiger partial charge is 0.165 e. The number of fused-ring (bicyclic) bond motifs is 1. The van der Waals surface area contributed by atoms with E-state index in [4.69, 9.17) is 15.2 Å². The summed E-state index contributed by atoms with van der Waals surface area (Å²) < 4.78 is 13.6. The molecule has 23 heavy (non-hydrogen) atoms. The lowest BCUT2D eigenvalue weighted by molar-refractivity contribution is 0.0174. The van der Waals surface area contributed by atoms with Crippen LogP contribution in [0.15, 0.2) is 43.0 Å². The minimum atomic E-state index is -0.0520. The number of rotatable bonds is 4. The van der Waals surface area contributed by atoms with E-state index in [-0.39, 0.29) is 12.1 Å². The zero-order valence-electron chi connectivity index (χ0n) is 12.5. The molecular weight excluding hydrogens is 294 g/mol. The van der Waals surface area contributed by atoms with Crippen LogP contribution in [-0.2, 0) is 16.1 Å². The van der Waals surface area contributed by atoms with Gasteiger partial charge in [-0.15, -0.1) is 0 Å². The molecule has 2 aromatic heterocycles. The van der Waals surface area contributed by atoms with Crippen molar-refractivity contribution in [2.75, 3.05) is 18.9 Å². The number of nitrogen functional groups attached to an aromatic ring is 1. The molecule has 0 bridgehead atoms. The average Bonchev–Trinajstić information content (AvgIpc) is 3.20. The van der Waals surface area contributed by atoms with Crippen LogP contribution in [0, 0.1) is 0 Å². The predicted octanol–water partition coefficient (Wildman–Crippen LogP) is 1.57. The van der Waals surface area contributed by atoms with E-state index >= 15 is 0 Å². The Labute approximate surface area is 133 Å². The third-order valence-electron chi connectivity index (χ3n) is 4.05. The van der Waals surface area contributed by atoms with Crippen LogP contribution in [-0.4, -0.2) is 38.8 Å². The Bertz CT molecular complexity index is 805. The molecular formula is C16H17N5O2. The first kappa shape index (κ1) is 14.1. The summed E-state index contributed by atoms with van der Waals surface area (Å²) in [5.74, 6) is 0.384. The highest BCUT2D eigenvalue weighted by molar-refractivity contribution is 5.81. The number of anilines is 1. The van der Waals surface area contributed by atoms with E-state index in [2.05, 4.69) is 15.0 Å². The molecule has 1 saturated heterocycles. The van der Waals surface area contributed by atoms with Crippen LogP contribution >= 0.6 is 0 Å². The summed E-state index contributed by atoms with van der Waals surface area (Å²) in [6, 6.07) is 10.1. The van der Waals surface area contributed by atoms with Crippen LogP contribution in [0.5, 0.6) is 0 Å². The number of hydrogen-bond donors (Lipinski definition) is 1. The Morgan fingerprint density at radius 1 is 1.17 bits per heavy atom. The average molecular weight is 311 g/mol. The van der Waals surface area contributed by atoms with Crippen LogP contribution in [0.1, 0.15) is 11.6 Å². The summed E-state index contributed by atoms with van der Waals surface area (Å²) in [5.41, 5.74) is 8.31. The molecule has 0 amide bonds. The molecule has 3 heterocycles. The highest BCUT2D eigenvalue weighted by atomic mass is 16.5. The third kappa shape index (κ3) is 2.64. The van der Waals surface area contributed by atoms with Crippen LogP contribution in [0.2, 0.25) is 0 Å². The second-order valence-corrected chi connectivity index (χ2v) is 5.52. The lowest BCUT2D eigenvalue weighted by Gasteiger charge is -2.20. The van der Waals surface area contributed by atoms with Gasteiger partial charge in [0.2, 0.25) is 0 Å². The zero-order chi connectivity index (χ0) is 15.6. The largest absolute Gasteiger partial charge is 0.382 e. The fraction of sp³-hybridized carbons (Fsp3) is 0.312. The fourth-order valence-corrected chi connectivity index (χ4v) is 2.83. The topological polar surface area (TPSA) is 88.1 Å². The molecule has 2 N–H and O–H groups in total. The van der Waals surface area contributed by atoms with Crippen LogP contribution in [0.25, 0.3) is 11.2 Å². The van der Waals surface area contributed by atoms with Crippen molar-refractivity contribution in [2.45, 2.75) is 18.8 Å². The SMILES string of the molecule is Nc1ncnc2c1ncn2[C@@H]1COC[C@H]1OCc1ccccc1. The summed E-state index contributed by atoms with van der Waals surface area (Å²) in [5, 5.41) is 0. The second kappa shape index (κ2) is 5.94. The third-order valence-corrected chi connectivity index (χ3v) is 4.05. The monoisotopic (exact) mass is 311 g/mol. The van der Waals surface area contributed by atoms with E-state index in [9.17, 15) is 0 Å². The van der Waals surface area contributed by atoms with Gasteiger partial charge in [0, 0.05) is 0 Å². The van der Waals surface area contributed by atoms with Gasteiger partial charge in [-0.2, -0.15) is 0 Å². The molecule has 0 saturated carbocycles. The lowest BCUT2D eigenvalue weighted by Crippen LogP contribution is -2.25. The first-order chi connectivity index (χ1) is 11.3. The predicted molar refractivity (Wildman–Crippen MR) is 84.6 cm³/mol. The van der Waals surface area contributed by atoms with Gasteiger partial charge in [0.05, 0.1) is 32.2 Å². The van der Waals surface area contributed by atoms with Gasteiger partial charge in [0.25, 0.3) is 0 Å². The first-order valence-electron chi connectivity index (χ1n) is 7.49. The molecule has 7 heteroatoms. The molecule has 0 radical (unpaired) electrons. The van der Waals surface area contributed by atoms with Crippen molar-refractivity contribution in [1.82, 2.24) is 19.5 Å². The molecule has 4 rings (SSSR count). The summed E-state index contributed by atoms with van der Waals surface area (Å²) in [4.78, 5) is 12.6. The van der Waals surface area contributed by atoms with E-state index in [0.29, 0.717) is 36.8 Å². The van der Waals surface area contributed by atoms with Crippen molar-refractivity contribution < 1.29 is 9.47 Å². The molecule has 0 unspecified atom stereocenters. The van der Waals surface area contributed by atoms with Crippen LogP contribution in [0.3, 0.4) is 0 Å². The van der Waals surface area contributed by atoms with Gasteiger partial charge in [0.15, 0.2) is 11.5 Å². The molecule has 0 aliphatic carbocycles. The van der Waals surface area contributed by atoms with Gasteiger partial charge < -0.3 is 19.8 Å². The molecule has 3 aromatic rings. The Hall–Kier alpha value is -2.51. The van der Waals surface area contributed by atoms with Crippen molar-refractivity contribution in [3.8, 4) is 0 Å². The summed E-state index contributed by atoms with van der Waals surface area (Å²) >= 11 is 0. The van der Waals surface area contributed by atoms with Crippen molar-refractivity contribution in [1.29, 1.82) is 0 Å². The van der Waals surface area contributed by atoms with E-state index in [1.54, 1.807) is 6.33 Å². The van der Waals surface area contributed by atoms with Crippen molar-refractivity contribution in [3.05, 3.63) is 48.5 Å². The Morgan fingerprint density at radius 3 is 2.91 bits per heavy atom. The highest BCUT2D eigenvalue weighted by Crippen LogP contribution is 2.27. The maximum absolute atomic E-state index is 6.06. The number of nitrogens with two attached hydrogens (primary N) is 1. The standard InChI is InChI=1S/C16H17N5O2/c17-15-14-16(19-9-18-15)21(10-20-14)12-7-22-8-13(12)23-6-11-4-2-1-3-5-11/h1-5,9-10,12-13H,6-8H2,(H2,17,18,19)/t12-,13-/m1/s1. The quantitative estimate of drug-likeness (QED) is 0.787. The number of aromatic nitrogens is 4. The molecule has 1 aromatic carbocycles. The summed E-state index contributed by atoms with van der Waals surface area (Å²) in [7, 11) is 0. The molecule has 1 fully saturated rings. The van der Waals surface area contributed by atoms with Gasteiger partial charge in [-0.25, -0.2) is 15.0 Å². The Balaban J connectivity index is 1.56. The van der Waals surface area contributed by atoms with Crippen molar-refractivity contribution in [2.24, 2.45) is 0 Å². The molecule has 118 valence electrons. The zero-order valence-corrected chi connectivity index (χ0v) is 12.5. The van der Waals surface area contributed by atoms with Crippen molar-refractivity contribution >= 4 is 17.0 Å². The molecule has 1 aliphatic rings. The Morgan fingerprint density at radius 2 is 2.04 bits per heavy atom. The fourth-order valence-electron chi connectivity index (χ4n) is 2.83. The van der Waals surface area contributed by atoms with Gasteiger partial charge in [-0.3, -0.25) is 0 Å². The normalized spacial score (nSPS) is 21.0. The maximum Gasteiger partial charge on any atom is 0.165 e. The number of imidazole rings is 1. The van der Waals surface area contributed by atoms with E-state index in [0.717, 1.165) is 5.56 Å². The number of nitrogens with zero attached hydrogens (tertiary/aromatic N) is 4. The Kier molecular flexibility index (Phi) is 3.64. The maximum atomic E-state index is 6.06. The molecule has 0 spiro atoms. The summed E-state index contributed by atoms with van der Waals surface area (Å²) in [6.07, 6.45) is 3.13. The van der Waals surface area contributed by atoms with E-state index in [1.165, 1.54) is 6.33 Å². The molecule has 2 atom stereocenters. The minimum Gasteiger partial charge on any atom is -0.382 e. The van der Waals surface area contributed by atoms with Gasteiger partial charge in [-0.05, 0) is 5.56 Å². The summed E-state index contributed by atoms with van der Waals surface area (Å²) in [6.45, 7) is 1.67. The van der Waals surface area contributed by atoms with Gasteiger partial charge in [0.1, 0.15) is 17.9 Å². The highest BCUT2D eigenvalue weighted by Gasteiger charge is 2.32.